The molecule has 3 saturated carbocycles. The Hall–Kier alpha value is -0.790. The molecule has 2 heteroatoms. The molecule has 0 radical (unpaired) electrons. The molecule has 1 spiro atoms. The van der Waals surface area contributed by atoms with Crippen molar-refractivity contribution in [3.05, 3.63) is 12.2 Å². The Morgan fingerprint density at radius 1 is 1.30 bits per heavy atom. The highest BCUT2D eigenvalue weighted by Gasteiger charge is 2.57. The summed E-state index contributed by atoms with van der Waals surface area (Å²) in [4.78, 5) is 11.9. The lowest BCUT2D eigenvalue weighted by Gasteiger charge is -2.44. The SMILES string of the molecule is C=C1CCC[C@@]2(C)C1CC[C@@H]2C(C)CCC1CC2(CC2)C(=O)O1. The van der Waals surface area contributed by atoms with E-state index in [1.807, 2.05) is 0 Å². The number of hydrogen-bond acceptors (Lipinski definition) is 2. The summed E-state index contributed by atoms with van der Waals surface area (Å²) in [5.41, 5.74) is 1.98. The maximum absolute atomic E-state index is 11.9. The highest BCUT2D eigenvalue weighted by atomic mass is 16.6. The lowest BCUT2D eigenvalue weighted by atomic mass is 9.61. The van der Waals surface area contributed by atoms with Crippen molar-refractivity contribution in [3.63, 3.8) is 0 Å². The quantitative estimate of drug-likeness (QED) is 0.521. The average Bonchev–Trinajstić information content (AvgIpc) is 3.09. The van der Waals surface area contributed by atoms with Gasteiger partial charge in [-0.1, -0.05) is 26.0 Å². The van der Waals surface area contributed by atoms with Gasteiger partial charge in [0.25, 0.3) is 0 Å². The van der Waals surface area contributed by atoms with Gasteiger partial charge in [-0.3, -0.25) is 4.79 Å². The van der Waals surface area contributed by atoms with Gasteiger partial charge in [0.15, 0.2) is 0 Å². The van der Waals surface area contributed by atoms with Crippen LogP contribution in [0.1, 0.15) is 78.1 Å². The molecule has 4 aliphatic rings. The fourth-order valence-corrected chi connectivity index (χ4v) is 6.31. The summed E-state index contributed by atoms with van der Waals surface area (Å²) in [5, 5.41) is 0. The predicted octanol–water partition coefficient (Wildman–Crippen LogP) is 5.27. The second kappa shape index (κ2) is 5.36. The molecule has 4 rings (SSSR count). The Labute approximate surface area is 141 Å². The van der Waals surface area contributed by atoms with Crippen molar-refractivity contribution in [1.82, 2.24) is 0 Å². The molecule has 5 atom stereocenters. The first-order valence-corrected chi connectivity index (χ1v) is 9.83. The Morgan fingerprint density at radius 3 is 2.78 bits per heavy atom. The molecule has 0 aromatic heterocycles. The third-order valence-electron chi connectivity index (χ3n) is 7.93. The van der Waals surface area contributed by atoms with Gasteiger partial charge in [0.05, 0.1) is 5.41 Å². The molecule has 128 valence electrons. The van der Waals surface area contributed by atoms with Crippen molar-refractivity contribution >= 4 is 5.97 Å². The van der Waals surface area contributed by atoms with Gasteiger partial charge in [-0.25, -0.2) is 0 Å². The molecule has 0 aromatic carbocycles. The second-order valence-corrected chi connectivity index (χ2v) is 9.32. The van der Waals surface area contributed by atoms with Gasteiger partial charge in [-0.15, -0.1) is 0 Å². The van der Waals surface area contributed by atoms with E-state index >= 15 is 0 Å². The van der Waals surface area contributed by atoms with E-state index in [1.54, 1.807) is 0 Å². The minimum atomic E-state index is -0.0283. The van der Waals surface area contributed by atoms with Gasteiger partial charge in [-0.2, -0.15) is 0 Å². The zero-order valence-electron chi connectivity index (χ0n) is 14.9. The number of rotatable bonds is 4. The van der Waals surface area contributed by atoms with E-state index in [0.29, 0.717) is 5.41 Å². The molecule has 0 aromatic rings. The van der Waals surface area contributed by atoms with E-state index in [1.165, 1.54) is 44.1 Å². The Morgan fingerprint density at radius 2 is 2.09 bits per heavy atom. The molecule has 4 fully saturated rings. The van der Waals surface area contributed by atoms with Crippen molar-refractivity contribution in [1.29, 1.82) is 0 Å². The normalized spacial score (nSPS) is 42.6. The molecule has 1 aliphatic heterocycles. The largest absolute Gasteiger partial charge is 0.462 e. The summed E-state index contributed by atoms with van der Waals surface area (Å²) in [6.45, 7) is 9.36. The number of esters is 1. The molecule has 0 bridgehead atoms. The van der Waals surface area contributed by atoms with Gasteiger partial charge >= 0.3 is 5.97 Å². The minimum absolute atomic E-state index is 0.0283. The van der Waals surface area contributed by atoms with Crippen molar-refractivity contribution in [2.24, 2.45) is 28.6 Å². The van der Waals surface area contributed by atoms with Gasteiger partial charge in [0.1, 0.15) is 6.10 Å². The average molecular weight is 316 g/mol. The van der Waals surface area contributed by atoms with Crippen LogP contribution in [0, 0.1) is 28.6 Å². The van der Waals surface area contributed by atoms with Crippen LogP contribution in [0.4, 0.5) is 0 Å². The number of cyclic esters (lactones) is 1. The molecule has 3 aliphatic carbocycles. The first-order chi connectivity index (χ1) is 10.9. The molecular weight excluding hydrogens is 284 g/mol. The fraction of sp³-hybridized carbons (Fsp3) is 0.857. The van der Waals surface area contributed by atoms with Gasteiger partial charge in [0.2, 0.25) is 0 Å². The van der Waals surface area contributed by atoms with Gasteiger partial charge in [-0.05, 0) is 81.0 Å². The molecule has 0 N–H and O–H groups in total. The third-order valence-corrected chi connectivity index (χ3v) is 7.93. The molecule has 3 unspecified atom stereocenters. The van der Waals surface area contributed by atoms with Crippen LogP contribution in [0.5, 0.6) is 0 Å². The van der Waals surface area contributed by atoms with E-state index in [9.17, 15) is 4.79 Å². The Kier molecular flexibility index (Phi) is 3.66. The first kappa shape index (κ1) is 15.7. The lowest BCUT2D eigenvalue weighted by molar-refractivity contribution is -0.145. The van der Waals surface area contributed by atoms with Gasteiger partial charge < -0.3 is 4.74 Å². The highest BCUT2D eigenvalue weighted by molar-refractivity contribution is 5.81. The first-order valence-electron chi connectivity index (χ1n) is 9.83. The van der Waals surface area contributed by atoms with E-state index < -0.39 is 0 Å². The fourth-order valence-electron chi connectivity index (χ4n) is 6.31. The van der Waals surface area contributed by atoms with E-state index in [2.05, 4.69) is 20.4 Å². The van der Waals surface area contributed by atoms with Crippen LogP contribution < -0.4 is 0 Å². The third kappa shape index (κ3) is 2.48. The molecule has 1 heterocycles. The predicted molar refractivity (Wildman–Crippen MR) is 91.9 cm³/mol. The van der Waals surface area contributed by atoms with E-state index in [-0.39, 0.29) is 17.5 Å². The summed E-state index contributed by atoms with van der Waals surface area (Å²) < 4.78 is 5.65. The number of carbonyl (C=O) groups is 1. The zero-order valence-corrected chi connectivity index (χ0v) is 14.9. The Bertz CT molecular complexity index is 518. The van der Waals surface area contributed by atoms with Crippen LogP contribution in [-0.4, -0.2) is 12.1 Å². The van der Waals surface area contributed by atoms with Crippen LogP contribution in [0.3, 0.4) is 0 Å². The summed E-state index contributed by atoms with van der Waals surface area (Å²) in [6.07, 6.45) is 12.3. The maximum atomic E-state index is 11.9. The second-order valence-electron chi connectivity index (χ2n) is 9.32. The Balaban J connectivity index is 1.35. The van der Waals surface area contributed by atoms with E-state index in [4.69, 9.17) is 4.74 Å². The van der Waals surface area contributed by atoms with Crippen LogP contribution in [0.15, 0.2) is 12.2 Å². The number of carbonyl (C=O) groups excluding carboxylic acids is 1. The van der Waals surface area contributed by atoms with Crippen molar-refractivity contribution in [2.45, 2.75) is 84.2 Å². The maximum Gasteiger partial charge on any atom is 0.312 e. The van der Waals surface area contributed by atoms with Crippen LogP contribution in [-0.2, 0) is 9.53 Å². The highest BCUT2D eigenvalue weighted by Crippen LogP contribution is 2.60. The van der Waals surface area contributed by atoms with Crippen LogP contribution in [0.2, 0.25) is 0 Å². The molecule has 1 saturated heterocycles. The lowest BCUT2D eigenvalue weighted by Crippen LogP contribution is -2.35. The van der Waals surface area contributed by atoms with Gasteiger partial charge in [0, 0.05) is 6.42 Å². The summed E-state index contributed by atoms with van der Waals surface area (Å²) in [7, 11) is 0. The monoisotopic (exact) mass is 316 g/mol. The molecule has 23 heavy (non-hydrogen) atoms. The van der Waals surface area contributed by atoms with E-state index in [0.717, 1.165) is 43.4 Å². The van der Waals surface area contributed by atoms with Crippen molar-refractivity contribution < 1.29 is 9.53 Å². The number of allylic oxidation sites excluding steroid dienone is 1. The standard InChI is InChI=1S/C21H32O2/c1-14-5-4-10-20(3)17(14)8-9-18(20)15(2)6-7-16-13-21(11-12-21)19(22)23-16/h15-18H,1,4-13H2,2-3H3/t15?,16?,17?,18-,20+/m1/s1. The minimum Gasteiger partial charge on any atom is -0.462 e. The number of hydrogen-bond donors (Lipinski definition) is 0. The van der Waals surface area contributed by atoms with Crippen LogP contribution >= 0.6 is 0 Å². The van der Waals surface area contributed by atoms with Crippen molar-refractivity contribution in [3.8, 4) is 0 Å². The topological polar surface area (TPSA) is 26.3 Å². The zero-order chi connectivity index (χ0) is 16.2. The van der Waals surface area contributed by atoms with Crippen molar-refractivity contribution in [2.75, 3.05) is 0 Å². The van der Waals surface area contributed by atoms with Crippen LogP contribution in [0.25, 0.3) is 0 Å². The summed E-state index contributed by atoms with van der Waals surface area (Å²) in [5.74, 6) is 2.44. The molecule has 2 nitrogen and oxygen atoms in total. The summed E-state index contributed by atoms with van der Waals surface area (Å²) >= 11 is 0. The molecule has 0 amide bonds. The number of ether oxygens (including phenoxy) is 1. The number of fused-ring (bicyclic) bond motifs is 1. The molecular formula is C21H32O2. The summed E-state index contributed by atoms with van der Waals surface area (Å²) in [6, 6.07) is 0. The smallest absolute Gasteiger partial charge is 0.312 e.